The van der Waals surface area contributed by atoms with Gasteiger partial charge in [0.15, 0.2) is 11.5 Å². The van der Waals surface area contributed by atoms with Crippen LogP contribution in [0.4, 0.5) is 0 Å². The Morgan fingerprint density at radius 1 is 1.25 bits per heavy atom. The summed E-state index contributed by atoms with van der Waals surface area (Å²) in [6.07, 6.45) is 0.350. The first-order valence-electron chi connectivity index (χ1n) is 6.23. The molecule has 1 aromatic rings. The third kappa shape index (κ3) is 3.24. The second kappa shape index (κ2) is 6.95. The second-order valence-corrected chi connectivity index (χ2v) is 5.38. The van der Waals surface area contributed by atoms with Gasteiger partial charge in [-0.15, -0.1) is 0 Å². The van der Waals surface area contributed by atoms with Gasteiger partial charge in [0.05, 0.1) is 14.2 Å². The fourth-order valence-corrected chi connectivity index (χ4v) is 2.67. The molecule has 5 nitrogen and oxygen atoms in total. The third-order valence-electron chi connectivity index (χ3n) is 3.30. The molecule has 0 aliphatic carbocycles. The van der Waals surface area contributed by atoms with E-state index < -0.39 is 12.0 Å². The topological polar surface area (TPSA) is 81.8 Å². The van der Waals surface area contributed by atoms with E-state index in [1.807, 2.05) is 13.8 Å². The van der Waals surface area contributed by atoms with Crippen molar-refractivity contribution in [2.24, 2.45) is 5.73 Å². The third-order valence-corrected chi connectivity index (χ3v) is 4.49. The summed E-state index contributed by atoms with van der Waals surface area (Å²) in [5.41, 5.74) is 8.79. The number of carboxylic acid groups (broad SMARTS) is 1. The van der Waals surface area contributed by atoms with Crippen molar-refractivity contribution >= 4 is 21.9 Å². The van der Waals surface area contributed by atoms with Crippen LogP contribution in [0.1, 0.15) is 35.6 Å². The first-order valence-corrected chi connectivity index (χ1v) is 7.02. The van der Waals surface area contributed by atoms with Crippen LogP contribution in [0, 0.1) is 13.8 Å². The Bertz CT molecular complexity index is 517. The standard InChI is InChI=1S/C14H20BrNO4/c1-7-11(9(16)5-6-10(17)18)14(20-4)13(19-3)8(2)12(7)15/h9H,5-6,16H2,1-4H3,(H,17,18). The maximum Gasteiger partial charge on any atom is 0.303 e. The lowest BCUT2D eigenvalue weighted by molar-refractivity contribution is -0.137. The lowest BCUT2D eigenvalue weighted by atomic mass is 9.94. The van der Waals surface area contributed by atoms with Gasteiger partial charge in [-0.1, -0.05) is 15.9 Å². The summed E-state index contributed by atoms with van der Waals surface area (Å²) >= 11 is 3.53. The Kier molecular flexibility index (Phi) is 5.83. The van der Waals surface area contributed by atoms with Crippen molar-refractivity contribution in [1.82, 2.24) is 0 Å². The molecule has 20 heavy (non-hydrogen) atoms. The summed E-state index contributed by atoms with van der Waals surface area (Å²) in [6, 6.07) is -0.424. The number of hydrogen-bond acceptors (Lipinski definition) is 4. The van der Waals surface area contributed by atoms with E-state index in [0.717, 1.165) is 21.2 Å². The SMILES string of the molecule is COc1c(C)c(Br)c(C)c(C(N)CCC(=O)O)c1OC. The van der Waals surface area contributed by atoms with Gasteiger partial charge in [-0.2, -0.15) is 0 Å². The number of aliphatic carboxylic acids is 1. The molecule has 0 bridgehead atoms. The average molecular weight is 346 g/mol. The highest BCUT2D eigenvalue weighted by molar-refractivity contribution is 9.10. The van der Waals surface area contributed by atoms with Crippen molar-refractivity contribution in [3.05, 3.63) is 21.2 Å². The number of rotatable bonds is 6. The van der Waals surface area contributed by atoms with E-state index in [2.05, 4.69) is 15.9 Å². The highest BCUT2D eigenvalue weighted by Crippen LogP contribution is 2.44. The van der Waals surface area contributed by atoms with Gasteiger partial charge >= 0.3 is 5.97 Å². The molecule has 0 aromatic heterocycles. The summed E-state index contributed by atoms with van der Waals surface area (Å²) in [4.78, 5) is 10.7. The molecule has 1 atom stereocenters. The van der Waals surface area contributed by atoms with Crippen LogP contribution in [-0.4, -0.2) is 25.3 Å². The molecule has 0 spiro atoms. The molecule has 0 saturated heterocycles. The highest BCUT2D eigenvalue weighted by Gasteiger charge is 2.24. The molecule has 0 aliphatic rings. The van der Waals surface area contributed by atoms with Crippen LogP contribution in [0.25, 0.3) is 0 Å². The van der Waals surface area contributed by atoms with Gasteiger partial charge in [0.2, 0.25) is 0 Å². The van der Waals surface area contributed by atoms with E-state index in [4.69, 9.17) is 20.3 Å². The normalized spacial score (nSPS) is 12.1. The molecule has 0 heterocycles. The van der Waals surface area contributed by atoms with Gasteiger partial charge in [-0.3, -0.25) is 4.79 Å². The number of methoxy groups -OCH3 is 2. The summed E-state index contributed by atoms with van der Waals surface area (Å²) in [5.74, 6) is 0.324. The Morgan fingerprint density at radius 2 is 1.80 bits per heavy atom. The molecule has 1 aromatic carbocycles. The summed E-state index contributed by atoms with van der Waals surface area (Å²) < 4.78 is 11.7. The zero-order chi connectivity index (χ0) is 15.4. The summed E-state index contributed by atoms with van der Waals surface area (Å²) in [5, 5.41) is 8.78. The Balaban J connectivity index is 3.36. The molecule has 0 fully saturated rings. The number of benzene rings is 1. The van der Waals surface area contributed by atoms with E-state index in [9.17, 15) is 4.79 Å². The van der Waals surface area contributed by atoms with Crippen LogP contribution >= 0.6 is 15.9 Å². The van der Waals surface area contributed by atoms with Crippen LogP contribution in [-0.2, 0) is 4.79 Å². The maximum atomic E-state index is 10.7. The van der Waals surface area contributed by atoms with Crippen molar-refractivity contribution < 1.29 is 19.4 Å². The van der Waals surface area contributed by atoms with Crippen LogP contribution < -0.4 is 15.2 Å². The maximum absolute atomic E-state index is 10.7. The van der Waals surface area contributed by atoms with Crippen molar-refractivity contribution in [1.29, 1.82) is 0 Å². The van der Waals surface area contributed by atoms with Gasteiger partial charge < -0.3 is 20.3 Å². The van der Waals surface area contributed by atoms with E-state index in [1.165, 1.54) is 0 Å². The first kappa shape index (κ1) is 16.8. The lowest BCUT2D eigenvalue weighted by Gasteiger charge is -2.23. The van der Waals surface area contributed by atoms with Crippen molar-refractivity contribution in [3.8, 4) is 11.5 Å². The number of hydrogen-bond donors (Lipinski definition) is 2. The van der Waals surface area contributed by atoms with Crippen molar-refractivity contribution in [2.75, 3.05) is 14.2 Å². The molecule has 1 unspecified atom stereocenters. The molecule has 1 rings (SSSR count). The number of ether oxygens (including phenoxy) is 2. The number of carbonyl (C=O) groups is 1. The van der Waals surface area contributed by atoms with Crippen LogP contribution in [0.15, 0.2) is 4.47 Å². The fraction of sp³-hybridized carbons (Fsp3) is 0.500. The zero-order valence-electron chi connectivity index (χ0n) is 12.1. The Labute approximate surface area is 127 Å². The van der Waals surface area contributed by atoms with Crippen LogP contribution in [0.5, 0.6) is 11.5 Å². The molecular weight excluding hydrogens is 326 g/mol. The quantitative estimate of drug-likeness (QED) is 0.828. The molecule has 0 radical (unpaired) electrons. The largest absolute Gasteiger partial charge is 0.493 e. The minimum atomic E-state index is -0.866. The van der Waals surface area contributed by atoms with E-state index >= 15 is 0 Å². The predicted octanol–water partition coefficient (Wildman–Crippen LogP) is 2.95. The summed E-state index contributed by atoms with van der Waals surface area (Å²) in [6.45, 7) is 3.85. The summed E-state index contributed by atoms with van der Waals surface area (Å²) in [7, 11) is 3.12. The highest BCUT2D eigenvalue weighted by atomic mass is 79.9. The smallest absolute Gasteiger partial charge is 0.303 e. The van der Waals surface area contributed by atoms with Gasteiger partial charge in [0.25, 0.3) is 0 Å². The van der Waals surface area contributed by atoms with Crippen LogP contribution in [0.2, 0.25) is 0 Å². The predicted molar refractivity (Wildman–Crippen MR) is 80.5 cm³/mol. The van der Waals surface area contributed by atoms with E-state index in [0.29, 0.717) is 17.9 Å². The van der Waals surface area contributed by atoms with Gasteiger partial charge in [0, 0.05) is 28.1 Å². The van der Waals surface area contributed by atoms with Gasteiger partial charge in [0.1, 0.15) is 0 Å². The molecule has 0 aliphatic heterocycles. The monoisotopic (exact) mass is 345 g/mol. The molecule has 6 heteroatoms. The molecule has 0 amide bonds. The molecule has 3 N–H and O–H groups in total. The van der Waals surface area contributed by atoms with Gasteiger partial charge in [-0.05, 0) is 25.8 Å². The average Bonchev–Trinajstić information content (AvgIpc) is 2.41. The lowest BCUT2D eigenvalue weighted by Crippen LogP contribution is -2.16. The zero-order valence-corrected chi connectivity index (χ0v) is 13.7. The van der Waals surface area contributed by atoms with E-state index in [1.54, 1.807) is 14.2 Å². The number of nitrogens with two attached hydrogens (primary N) is 1. The van der Waals surface area contributed by atoms with Crippen molar-refractivity contribution in [2.45, 2.75) is 32.7 Å². The Hall–Kier alpha value is -1.27. The molecule has 0 saturated carbocycles. The minimum Gasteiger partial charge on any atom is -0.493 e. The fourth-order valence-electron chi connectivity index (χ4n) is 2.28. The number of halogens is 1. The molecule has 112 valence electrons. The Morgan fingerprint density at radius 3 is 2.25 bits per heavy atom. The van der Waals surface area contributed by atoms with Crippen molar-refractivity contribution in [3.63, 3.8) is 0 Å². The second-order valence-electron chi connectivity index (χ2n) is 4.58. The molecular formula is C14H20BrNO4. The van der Waals surface area contributed by atoms with Crippen LogP contribution in [0.3, 0.4) is 0 Å². The minimum absolute atomic E-state index is 0.0115. The first-order chi connectivity index (χ1) is 9.34. The van der Waals surface area contributed by atoms with Gasteiger partial charge in [-0.25, -0.2) is 0 Å². The number of carboxylic acids is 1. The van der Waals surface area contributed by atoms with E-state index in [-0.39, 0.29) is 6.42 Å².